The molecule has 0 amide bonds. The van der Waals surface area contributed by atoms with Gasteiger partial charge in [-0.1, -0.05) is 45.7 Å². The molecule has 1 saturated carbocycles. The van der Waals surface area contributed by atoms with Crippen LogP contribution in [0.2, 0.25) is 0 Å². The second-order valence-corrected chi connectivity index (χ2v) is 10.8. The highest BCUT2D eigenvalue weighted by Gasteiger charge is 2.27. The van der Waals surface area contributed by atoms with E-state index in [1.807, 2.05) is 12.1 Å². The molecular weight excluding hydrogens is 344 g/mol. The van der Waals surface area contributed by atoms with Crippen molar-refractivity contribution in [1.29, 1.82) is 0 Å². The zero-order valence-corrected chi connectivity index (χ0v) is 17.3. The minimum Gasteiger partial charge on any atom is -0.303 e. The lowest BCUT2D eigenvalue weighted by Crippen LogP contribution is -2.45. The number of rotatable bonds is 5. The summed E-state index contributed by atoms with van der Waals surface area (Å²) in [7, 11) is -3.43. The van der Waals surface area contributed by atoms with Gasteiger partial charge in [-0.25, -0.2) is 13.1 Å². The Kier molecular flexibility index (Phi) is 6.10. The van der Waals surface area contributed by atoms with Gasteiger partial charge in [0.05, 0.1) is 4.90 Å². The molecule has 0 spiro atoms. The van der Waals surface area contributed by atoms with E-state index in [-0.39, 0.29) is 11.5 Å². The number of hydrogen-bond donors (Lipinski definition) is 1. The van der Waals surface area contributed by atoms with Gasteiger partial charge < -0.3 is 4.90 Å². The summed E-state index contributed by atoms with van der Waals surface area (Å²) < 4.78 is 28.3. The van der Waals surface area contributed by atoms with Gasteiger partial charge in [0.25, 0.3) is 0 Å². The lowest BCUT2D eigenvalue weighted by atomic mass is 9.87. The molecule has 26 heavy (non-hydrogen) atoms. The van der Waals surface area contributed by atoms with Gasteiger partial charge in [-0.15, -0.1) is 0 Å². The highest BCUT2D eigenvalue weighted by Crippen LogP contribution is 2.27. The van der Waals surface area contributed by atoms with Gasteiger partial charge in [0.2, 0.25) is 10.0 Å². The van der Waals surface area contributed by atoms with Crippen LogP contribution in [0.5, 0.6) is 0 Å². The predicted octanol–water partition coefficient (Wildman–Crippen LogP) is 3.92. The van der Waals surface area contributed by atoms with E-state index in [4.69, 9.17) is 0 Å². The summed E-state index contributed by atoms with van der Waals surface area (Å²) in [4.78, 5) is 2.90. The number of piperidine rings is 1. The summed E-state index contributed by atoms with van der Waals surface area (Å²) in [5, 5.41) is 0. The number of nitrogens with zero attached hydrogens (tertiary/aromatic N) is 1. The molecule has 1 saturated heterocycles. The molecule has 3 rings (SSSR count). The van der Waals surface area contributed by atoms with Crippen molar-refractivity contribution in [1.82, 2.24) is 9.62 Å². The highest BCUT2D eigenvalue weighted by molar-refractivity contribution is 7.89. The van der Waals surface area contributed by atoms with Gasteiger partial charge in [-0.3, -0.25) is 0 Å². The molecule has 1 heterocycles. The molecule has 1 aliphatic heterocycles. The van der Waals surface area contributed by atoms with Crippen LogP contribution in [0.4, 0.5) is 0 Å². The quantitative estimate of drug-likeness (QED) is 0.845. The Morgan fingerprint density at radius 1 is 1.00 bits per heavy atom. The number of sulfonamides is 1. The topological polar surface area (TPSA) is 49.4 Å². The van der Waals surface area contributed by atoms with Crippen LogP contribution in [0.25, 0.3) is 0 Å². The second kappa shape index (κ2) is 7.99. The fraction of sp³-hybridized carbons (Fsp3) is 0.714. The molecule has 0 bridgehead atoms. The zero-order valence-electron chi connectivity index (χ0n) is 16.5. The van der Waals surface area contributed by atoms with E-state index in [9.17, 15) is 8.42 Å². The molecule has 1 N–H and O–H groups in total. The van der Waals surface area contributed by atoms with Gasteiger partial charge >= 0.3 is 0 Å². The SMILES string of the molecule is CC(C)(C)c1ccc(S(=O)(=O)NC2CCN(CC3CCCC3)CC2)cc1. The molecule has 0 atom stereocenters. The predicted molar refractivity (Wildman–Crippen MR) is 107 cm³/mol. The molecule has 1 aromatic rings. The van der Waals surface area contributed by atoms with E-state index in [2.05, 4.69) is 30.4 Å². The highest BCUT2D eigenvalue weighted by atomic mass is 32.2. The lowest BCUT2D eigenvalue weighted by Gasteiger charge is -2.33. The van der Waals surface area contributed by atoms with E-state index < -0.39 is 10.0 Å². The Hall–Kier alpha value is -0.910. The molecule has 5 heteroatoms. The Balaban J connectivity index is 1.53. The number of nitrogens with one attached hydrogen (secondary N) is 1. The molecule has 0 aromatic heterocycles. The molecule has 1 aromatic carbocycles. The van der Waals surface area contributed by atoms with Crippen LogP contribution >= 0.6 is 0 Å². The number of hydrogen-bond acceptors (Lipinski definition) is 3. The normalized spacial score (nSPS) is 21.3. The van der Waals surface area contributed by atoms with Gasteiger partial charge in [-0.2, -0.15) is 0 Å². The maximum absolute atomic E-state index is 12.7. The Morgan fingerprint density at radius 2 is 1.58 bits per heavy atom. The Morgan fingerprint density at radius 3 is 2.12 bits per heavy atom. The summed E-state index contributed by atoms with van der Waals surface area (Å²) in [5.74, 6) is 0.865. The average molecular weight is 379 g/mol. The molecule has 2 fully saturated rings. The van der Waals surface area contributed by atoms with Crippen molar-refractivity contribution in [2.45, 2.75) is 75.6 Å². The first-order valence-corrected chi connectivity index (χ1v) is 11.6. The van der Waals surface area contributed by atoms with E-state index in [1.165, 1.54) is 32.2 Å². The van der Waals surface area contributed by atoms with Crippen LogP contribution in [0.15, 0.2) is 29.2 Å². The molecule has 0 radical (unpaired) electrons. The van der Waals surface area contributed by atoms with E-state index in [0.717, 1.165) is 37.4 Å². The van der Waals surface area contributed by atoms with Crippen LogP contribution in [-0.2, 0) is 15.4 Å². The van der Waals surface area contributed by atoms with E-state index >= 15 is 0 Å². The third-order valence-electron chi connectivity index (χ3n) is 5.93. The van der Waals surface area contributed by atoms with Gasteiger partial charge in [-0.05, 0) is 67.8 Å². The van der Waals surface area contributed by atoms with Gasteiger partial charge in [0.1, 0.15) is 0 Å². The summed E-state index contributed by atoms with van der Waals surface area (Å²) >= 11 is 0. The Labute approximate surface area is 159 Å². The monoisotopic (exact) mass is 378 g/mol. The maximum atomic E-state index is 12.7. The van der Waals surface area contributed by atoms with Crippen molar-refractivity contribution in [3.63, 3.8) is 0 Å². The smallest absolute Gasteiger partial charge is 0.240 e. The summed E-state index contributed by atoms with van der Waals surface area (Å²) in [5.41, 5.74) is 1.18. The van der Waals surface area contributed by atoms with E-state index in [0.29, 0.717) is 4.90 Å². The van der Waals surface area contributed by atoms with E-state index in [1.54, 1.807) is 12.1 Å². The first-order chi connectivity index (χ1) is 12.2. The average Bonchev–Trinajstić information content (AvgIpc) is 3.09. The van der Waals surface area contributed by atoms with Crippen molar-refractivity contribution in [2.75, 3.05) is 19.6 Å². The fourth-order valence-corrected chi connectivity index (χ4v) is 5.52. The molecule has 146 valence electrons. The van der Waals surface area contributed by atoms with Crippen molar-refractivity contribution < 1.29 is 8.42 Å². The largest absolute Gasteiger partial charge is 0.303 e. The first kappa shape index (κ1) is 19.8. The van der Waals surface area contributed by atoms with Crippen LogP contribution in [0.3, 0.4) is 0 Å². The first-order valence-electron chi connectivity index (χ1n) is 10.1. The van der Waals surface area contributed by atoms with Crippen molar-refractivity contribution in [3.8, 4) is 0 Å². The van der Waals surface area contributed by atoms with Crippen LogP contribution in [-0.4, -0.2) is 39.0 Å². The van der Waals surface area contributed by atoms with Crippen molar-refractivity contribution in [3.05, 3.63) is 29.8 Å². The maximum Gasteiger partial charge on any atom is 0.240 e. The summed E-state index contributed by atoms with van der Waals surface area (Å²) in [6.07, 6.45) is 7.33. The number of likely N-dealkylation sites (tertiary alicyclic amines) is 1. The third-order valence-corrected chi connectivity index (χ3v) is 7.47. The molecule has 4 nitrogen and oxygen atoms in total. The molecule has 1 aliphatic carbocycles. The molecular formula is C21H34N2O2S. The Bertz CT molecular complexity index is 678. The van der Waals surface area contributed by atoms with Crippen molar-refractivity contribution >= 4 is 10.0 Å². The molecule has 0 unspecified atom stereocenters. The lowest BCUT2D eigenvalue weighted by molar-refractivity contribution is 0.180. The van der Waals surface area contributed by atoms with Crippen LogP contribution in [0.1, 0.15) is 64.9 Å². The van der Waals surface area contributed by atoms with Gasteiger partial charge in [0, 0.05) is 12.6 Å². The third kappa shape index (κ3) is 5.08. The zero-order chi connectivity index (χ0) is 18.8. The minimum absolute atomic E-state index is 0.0296. The number of benzene rings is 1. The summed E-state index contributed by atoms with van der Waals surface area (Å²) in [6.45, 7) is 9.61. The fourth-order valence-electron chi connectivity index (χ4n) is 4.21. The molecule has 2 aliphatic rings. The van der Waals surface area contributed by atoms with Crippen LogP contribution in [0, 0.1) is 5.92 Å². The second-order valence-electron chi connectivity index (χ2n) is 9.12. The van der Waals surface area contributed by atoms with Crippen molar-refractivity contribution in [2.24, 2.45) is 5.92 Å². The van der Waals surface area contributed by atoms with Crippen LogP contribution < -0.4 is 4.72 Å². The van der Waals surface area contributed by atoms with Gasteiger partial charge in [0.15, 0.2) is 0 Å². The summed E-state index contributed by atoms with van der Waals surface area (Å²) in [6, 6.07) is 7.38. The minimum atomic E-state index is -3.43. The standard InChI is InChI=1S/C21H34N2O2S/c1-21(2,3)18-8-10-20(11-9-18)26(24,25)22-19-12-14-23(15-13-19)16-17-6-4-5-7-17/h8-11,17,19,22H,4-7,12-16H2,1-3H3.